The van der Waals surface area contributed by atoms with Gasteiger partial charge in [0.25, 0.3) is 0 Å². The average molecular weight is 254 g/mol. The van der Waals surface area contributed by atoms with Crippen molar-refractivity contribution in [2.24, 2.45) is 5.92 Å². The number of hydrogen-bond acceptors (Lipinski definition) is 4. The fourth-order valence-electron chi connectivity index (χ4n) is 2.38. The molecule has 0 aromatic heterocycles. The first kappa shape index (κ1) is 15.4. The normalized spacial score (nSPS) is 27.6. The summed E-state index contributed by atoms with van der Waals surface area (Å²) in [6.07, 6.45) is 2.84. The first-order chi connectivity index (χ1) is 8.62. The van der Waals surface area contributed by atoms with Gasteiger partial charge in [0.15, 0.2) is 0 Å². The lowest BCUT2D eigenvalue weighted by atomic mass is 10.00. The predicted octanol–water partition coefficient (Wildman–Crippen LogP) is 2.10. The third-order valence-corrected chi connectivity index (χ3v) is 3.23. The highest BCUT2D eigenvalue weighted by molar-refractivity contribution is 5.12. The molecule has 1 aliphatic carbocycles. The van der Waals surface area contributed by atoms with Crippen molar-refractivity contribution < 1.29 is 9.47 Å². The van der Waals surface area contributed by atoms with Crippen LogP contribution in [0.3, 0.4) is 0 Å². The van der Waals surface area contributed by atoms with Gasteiger partial charge in [-0.2, -0.15) is 5.26 Å². The van der Waals surface area contributed by atoms with E-state index in [4.69, 9.17) is 9.47 Å². The van der Waals surface area contributed by atoms with Crippen molar-refractivity contribution in [2.75, 3.05) is 26.4 Å². The van der Waals surface area contributed by atoms with Gasteiger partial charge < -0.3 is 9.47 Å². The molecule has 2 atom stereocenters. The summed E-state index contributed by atoms with van der Waals surface area (Å²) >= 11 is 0. The highest BCUT2D eigenvalue weighted by Gasteiger charge is 2.39. The smallest absolute Gasteiger partial charge is 0.109 e. The van der Waals surface area contributed by atoms with E-state index in [-0.39, 0.29) is 11.6 Å². The summed E-state index contributed by atoms with van der Waals surface area (Å²) in [6, 6.07) is 2.40. The topological polar surface area (TPSA) is 54.3 Å². The minimum absolute atomic E-state index is 0.200. The van der Waals surface area contributed by atoms with Gasteiger partial charge in [0.1, 0.15) is 5.54 Å². The molecule has 0 amide bonds. The van der Waals surface area contributed by atoms with Crippen molar-refractivity contribution in [2.45, 2.75) is 51.7 Å². The zero-order valence-corrected chi connectivity index (χ0v) is 11.9. The molecule has 0 saturated heterocycles. The Balaban J connectivity index is 2.16. The summed E-state index contributed by atoms with van der Waals surface area (Å²) in [6.45, 7) is 9.20. The van der Waals surface area contributed by atoms with Crippen LogP contribution < -0.4 is 5.32 Å². The summed E-state index contributed by atoms with van der Waals surface area (Å²) in [4.78, 5) is 0. The molecule has 0 radical (unpaired) electrons. The highest BCUT2D eigenvalue weighted by Crippen LogP contribution is 2.31. The molecule has 4 heteroatoms. The van der Waals surface area contributed by atoms with Gasteiger partial charge in [-0.25, -0.2) is 0 Å². The van der Waals surface area contributed by atoms with Gasteiger partial charge in [0.05, 0.1) is 25.4 Å². The SMILES string of the molecule is CCNC1(C#N)CCC(OCCOCC(C)C)C1. The van der Waals surface area contributed by atoms with Crippen LogP contribution in [-0.2, 0) is 9.47 Å². The van der Waals surface area contributed by atoms with Crippen LogP contribution in [0.5, 0.6) is 0 Å². The van der Waals surface area contributed by atoms with Crippen LogP contribution in [0.2, 0.25) is 0 Å². The number of ether oxygens (including phenoxy) is 2. The molecule has 104 valence electrons. The maximum absolute atomic E-state index is 9.24. The summed E-state index contributed by atoms with van der Waals surface area (Å²) in [5.41, 5.74) is -0.363. The predicted molar refractivity (Wildman–Crippen MR) is 71.3 cm³/mol. The molecule has 0 heterocycles. The molecular formula is C14H26N2O2. The Hall–Kier alpha value is -0.630. The van der Waals surface area contributed by atoms with Crippen LogP contribution in [0.4, 0.5) is 0 Å². The van der Waals surface area contributed by atoms with E-state index in [9.17, 15) is 5.26 Å². The molecule has 0 bridgehead atoms. The quantitative estimate of drug-likeness (QED) is 0.674. The second-order valence-corrected chi connectivity index (χ2v) is 5.43. The van der Waals surface area contributed by atoms with Gasteiger partial charge in [-0.05, 0) is 25.3 Å². The largest absolute Gasteiger partial charge is 0.379 e. The minimum Gasteiger partial charge on any atom is -0.379 e. The number of hydrogen-bond donors (Lipinski definition) is 1. The van der Waals surface area contributed by atoms with Crippen molar-refractivity contribution in [3.05, 3.63) is 0 Å². The van der Waals surface area contributed by atoms with Gasteiger partial charge in [-0.15, -0.1) is 0 Å². The van der Waals surface area contributed by atoms with E-state index in [1.165, 1.54) is 0 Å². The molecule has 2 unspecified atom stereocenters. The molecule has 0 aromatic rings. The van der Waals surface area contributed by atoms with E-state index in [2.05, 4.69) is 25.2 Å². The fraction of sp³-hybridized carbons (Fsp3) is 0.929. The first-order valence-electron chi connectivity index (χ1n) is 6.97. The summed E-state index contributed by atoms with van der Waals surface area (Å²) in [5, 5.41) is 12.5. The standard InChI is InChI=1S/C14H26N2O2/c1-4-16-14(11-15)6-5-13(9-14)18-8-7-17-10-12(2)3/h12-13,16H,4-10H2,1-3H3. The minimum atomic E-state index is -0.363. The molecule has 0 aromatic carbocycles. The van der Waals surface area contributed by atoms with E-state index in [1.807, 2.05) is 6.92 Å². The second-order valence-electron chi connectivity index (χ2n) is 5.43. The number of nitrogens with zero attached hydrogens (tertiary/aromatic N) is 1. The Morgan fingerprint density at radius 3 is 2.83 bits per heavy atom. The van der Waals surface area contributed by atoms with Crippen molar-refractivity contribution in [1.82, 2.24) is 5.32 Å². The Morgan fingerprint density at radius 2 is 2.22 bits per heavy atom. The third-order valence-electron chi connectivity index (χ3n) is 3.23. The molecule has 18 heavy (non-hydrogen) atoms. The van der Waals surface area contributed by atoms with Gasteiger partial charge >= 0.3 is 0 Å². The molecule has 0 spiro atoms. The van der Waals surface area contributed by atoms with Crippen LogP contribution in [-0.4, -0.2) is 38.0 Å². The highest BCUT2D eigenvalue weighted by atomic mass is 16.5. The van der Waals surface area contributed by atoms with Gasteiger partial charge in [-0.1, -0.05) is 20.8 Å². The number of nitrogens with one attached hydrogen (secondary N) is 1. The lowest BCUT2D eigenvalue weighted by Gasteiger charge is -2.21. The van der Waals surface area contributed by atoms with Crippen LogP contribution >= 0.6 is 0 Å². The third kappa shape index (κ3) is 4.93. The summed E-state index contributed by atoms with van der Waals surface area (Å²) in [7, 11) is 0. The van der Waals surface area contributed by atoms with E-state index < -0.39 is 0 Å². The van der Waals surface area contributed by atoms with Gasteiger partial charge in [0.2, 0.25) is 0 Å². The molecule has 1 saturated carbocycles. The average Bonchev–Trinajstić information content (AvgIpc) is 2.73. The Bertz CT molecular complexity index is 275. The zero-order valence-electron chi connectivity index (χ0n) is 11.9. The van der Waals surface area contributed by atoms with Gasteiger partial charge in [-0.3, -0.25) is 5.32 Å². The number of rotatable bonds is 8. The second kappa shape index (κ2) is 7.73. The van der Waals surface area contributed by atoms with Gasteiger partial charge in [0, 0.05) is 13.0 Å². The maximum atomic E-state index is 9.24. The Labute approximate surface area is 111 Å². The monoisotopic (exact) mass is 254 g/mol. The van der Waals surface area contributed by atoms with Crippen molar-refractivity contribution in [1.29, 1.82) is 5.26 Å². The molecule has 0 aliphatic heterocycles. The first-order valence-corrected chi connectivity index (χ1v) is 6.97. The molecule has 1 rings (SSSR count). The lowest BCUT2D eigenvalue weighted by Crippen LogP contribution is -2.41. The summed E-state index contributed by atoms with van der Waals surface area (Å²) < 4.78 is 11.2. The summed E-state index contributed by atoms with van der Waals surface area (Å²) in [5.74, 6) is 0.566. The zero-order chi connectivity index (χ0) is 13.4. The van der Waals surface area contributed by atoms with Crippen LogP contribution in [0.15, 0.2) is 0 Å². The van der Waals surface area contributed by atoms with E-state index >= 15 is 0 Å². The Kier molecular flexibility index (Phi) is 6.62. The number of nitriles is 1. The van der Waals surface area contributed by atoms with Crippen molar-refractivity contribution in [3.8, 4) is 6.07 Å². The molecule has 1 N–H and O–H groups in total. The van der Waals surface area contributed by atoms with E-state index in [0.29, 0.717) is 19.1 Å². The Morgan fingerprint density at radius 1 is 1.44 bits per heavy atom. The van der Waals surface area contributed by atoms with E-state index in [0.717, 1.165) is 32.4 Å². The lowest BCUT2D eigenvalue weighted by molar-refractivity contribution is 0.000469. The maximum Gasteiger partial charge on any atom is 0.109 e. The van der Waals surface area contributed by atoms with Crippen LogP contribution in [0.1, 0.15) is 40.0 Å². The molecule has 4 nitrogen and oxygen atoms in total. The molecule has 1 fully saturated rings. The molecular weight excluding hydrogens is 228 g/mol. The fourth-order valence-corrected chi connectivity index (χ4v) is 2.38. The van der Waals surface area contributed by atoms with Crippen LogP contribution in [0, 0.1) is 17.2 Å². The van der Waals surface area contributed by atoms with E-state index in [1.54, 1.807) is 0 Å². The van der Waals surface area contributed by atoms with Crippen LogP contribution in [0.25, 0.3) is 0 Å². The van der Waals surface area contributed by atoms with Crippen molar-refractivity contribution >= 4 is 0 Å². The van der Waals surface area contributed by atoms with Crippen molar-refractivity contribution in [3.63, 3.8) is 0 Å². The molecule has 1 aliphatic rings.